The number of anilines is 3. The average molecular weight is 678 g/mol. The van der Waals surface area contributed by atoms with Crippen LogP contribution in [0, 0.1) is 0 Å². The lowest BCUT2D eigenvalue weighted by Crippen LogP contribution is -2.16. The Labute approximate surface area is 308 Å². The van der Waals surface area contributed by atoms with Crippen LogP contribution in [0.3, 0.4) is 0 Å². The van der Waals surface area contributed by atoms with E-state index in [-0.39, 0.29) is 5.41 Å². The molecule has 0 aliphatic heterocycles. The molecule has 1 heterocycles. The highest BCUT2D eigenvalue weighted by atomic mass is 16.3. The van der Waals surface area contributed by atoms with E-state index < -0.39 is 0 Å². The van der Waals surface area contributed by atoms with E-state index in [9.17, 15) is 0 Å². The van der Waals surface area contributed by atoms with Gasteiger partial charge in [0.25, 0.3) is 0 Å². The van der Waals surface area contributed by atoms with Gasteiger partial charge in [0.05, 0.1) is 16.8 Å². The highest BCUT2D eigenvalue weighted by Gasteiger charge is 2.36. The zero-order chi connectivity index (χ0) is 35.3. The van der Waals surface area contributed by atoms with Crippen LogP contribution in [-0.2, 0) is 5.41 Å². The molecular weight excluding hydrogens is 643 g/mol. The highest BCUT2D eigenvalue weighted by molar-refractivity contribution is 6.22. The normalized spacial score (nSPS) is 13.2. The number of nitrogens with zero attached hydrogens (tertiary/aromatic N) is 1. The Morgan fingerprint density at radius 3 is 2.02 bits per heavy atom. The van der Waals surface area contributed by atoms with Gasteiger partial charge in [0.1, 0.15) is 11.2 Å². The minimum Gasteiger partial charge on any atom is -0.455 e. The third-order valence-corrected chi connectivity index (χ3v) is 11.6. The van der Waals surface area contributed by atoms with Gasteiger partial charge in [0.2, 0.25) is 0 Å². The summed E-state index contributed by atoms with van der Waals surface area (Å²) >= 11 is 0. The summed E-state index contributed by atoms with van der Waals surface area (Å²) in [6.07, 6.45) is 0. The van der Waals surface area contributed by atoms with Gasteiger partial charge < -0.3 is 9.32 Å². The SMILES string of the molecule is CC1(C)c2ccccc2-c2ccc(N(c3cccc4ccccc34)c3cccc4oc5c(-c6ccc7ccccc7c6)c6ccccc6cc5c34)cc21. The molecule has 1 aromatic heterocycles. The van der Waals surface area contributed by atoms with Gasteiger partial charge in [-0.15, -0.1) is 0 Å². The molecule has 2 nitrogen and oxygen atoms in total. The van der Waals surface area contributed by atoms with Crippen molar-refractivity contribution in [2.45, 2.75) is 19.3 Å². The summed E-state index contributed by atoms with van der Waals surface area (Å²) in [5, 5.41) is 9.43. The second kappa shape index (κ2) is 11.2. The van der Waals surface area contributed by atoms with Crippen molar-refractivity contribution in [2.75, 3.05) is 4.90 Å². The molecule has 0 saturated carbocycles. The van der Waals surface area contributed by atoms with E-state index in [1.165, 1.54) is 54.6 Å². The van der Waals surface area contributed by atoms with Crippen molar-refractivity contribution < 1.29 is 4.42 Å². The lowest BCUT2D eigenvalue weighted by molar-refractivity contribution is 0.660. The molecule has 0 amide bonds. The van der Waals surface area contributed by atoms with Crippen molar-refractivity contribution in [3.05, 3.63) is 187 Å². The van der Waals surface area contributed by atoms with Crippen molar-refractivity contribution in [2.24, 2.45) is 0 Å². The van der Waals surface area contributed by atoms with Crippen LogP contribution >= 0.6 is 0 Å². The van der Waals surface area contributed by atoms with Crippen LogP contribution in [0.5, 0.6) is 0 Å². The van der Waals surface area contributed by atoms with Crippen molar-refractivity contribution >= 4 is 71.3 Å². The molecule has 0 radical (unpaired) electrons. The van der Waals surface area contributed by atoms with E-state index in [0.717, 1.165) is 50.1 Å². The lowest BCUT2D eigenvalue weighted by Gasteiger charge is -2.29. The molecular formula is C51H35NO. The number of benzene rings is 9. The summed E-state index contributed by atoms with van der Waals surface area (Å²) in [5.41, 5.74) is 12.6. The highest BCUT2D eigenvalue weighted by Crippen LogP contribution is 2.52. The maximum absolute atomic E-state index is 7.03. The summed E-state index contributed by atoms with van der Waals surface area (Å²) < 4.78 is 7.03. The van der Waals surface area contributed by atoms with E-state index in [1.807, 2.05) is 0 Å². The quantitative estimate of drug-likeness (QED) is 0.184. The van der Waals surface area contributed by atoms with Crippen molar-refractivity contribution in [3.8, 4) is 22.3 Å². The zero-order valence-electron chi connectivity index (χ0n) is 29.6. The van der Waals surface area contributed by atoms with E-state index >= 15 is 0 Å². The molecule has 9 aromatic carbocycles. The molecule has 0 saturated heterocycles. The lowest BCUT2D eigenvalue weighted by atomic mass is 9.82. The molecule has 0 unspecified atom stereocenters. The standard InChI is InChI=1S/C51H35NO/c1-51(2)43-21-10-9-20-40(43)41-28-27-37(31-44(41)51)52(45-22-11-17-33-14-5-7-18-38(33)45)46-23-12-24-47-49(46)42-30-35-16-6-8-19-39(35)48(50(42)53-47)36-26-25-32-13-3-4-15-34(32)29-36/h3-31H,1-2H3. The van der Waals surface area contributed by atoms with Crippen LogP contribution in [0.2, 0.25) is 0 Å². The van der Waals surface area contributed by atoms with E-state index in [1.54, 1.807) is 0 Å². The summed E-state index contributed by atoms with van der Waals surface area (Å²) in [7, 11) is 0. The first-order valence-electron chi connectivity index (χ1n) is 18.4. The number of fused-ring (bicyclic) bond motifs is 9. The van der Waals surface area contributed by atoms with Crippen LogP contribution in [0.4, 0.5) is 17.1 Å². The molecule has 0 spiro atoms. The Morgan fingerprint density at radius 1 is 0.453 bits per heavy atom. The molecule has 250 valence electrons. The van der Waals surface area contributed by atoms with Gasteiger partial charge in [-0.05, 0) is 97.2 Å². The largest absolute Gasteiger partial charge is 0.455 e. The van der Waals surface area contributed by atoms with Gasteiger partial charge in [-0.25, -0.2) is 0 Å². The first kappa shape index (κ1) is 30.0. The number of hydrogen-bond acceptors (Lipinski definition) is 2. The molecule has 0 N–H and O–H groups in total. The smallest absolute Gasteiger partial charge is 0.143 e. The van der Waals surface area contributed by atoms with Crippen molar-refractivity contribution in [3.63, 3.8) is 0 Å². The Balaban J connectivity index is 1.22. The Bertz CT molecular complexity index is 3100. The molecule has 0 atom stereocenters. The maximum Gasteiger partial charge on any atom is 0.143 e. The predicted octanol–water partition coefficient (Wildman–Crippen LogP) is 14.5. The summed E-state index contributed by atoms with van der Waals surface area (Å²) in [4.78, 5) is 2.46. The fourth-order valence-corrected chi connectivity index (χ4v) is 9.07. The van der Waals surface area contributed by atoms with Gasteiger partial charge in [0, 0.05) is 27.4 Å². The van der Waals surface area contributed by atoms with E-state index in [4.69, 9.17) is 4.42 Å². The van der Waals surface area contributed by atoms with Gasteiger partial charge in [-0.1, -0.05) is 147 Å². The molecule has 11 rings (SSSR count). The van der Waals surface area contributed by atoms with Crippen LogP contribution in [-0.4, -0.2) is 0 Å². The molecule has 1 aliphatic carbocycles. The van der Waals surface area contributed by atoms with Crippen LogP contribution < -0.4 is 4.90 Å². The summed E-state index contributed by atoms with van der Waals surface area (Å²) in [6.45, 7) is 4.71. The molecule has 1 aliphatic rings. The minimum absolute atomic E-state index is 0.131. The van der Waals surface area contributed by atoms with E-state index in [0.29, 0.717) is 0 Å². The third-order valence-electron chi connectivity index (χ3n) is 11.6. The van der Waals surface area contributed by atoms with Gasteiger partial charge in [-0.3, -0.25) is 0 Å². The second-order valence-electron chi connectivity index (χ2n) is 14.9. The first-order chi connectivity index (χ1) is 26.0. The molecule has 53 heavy (non-hydrogen) atoms. The predicted molar refractivity (Wildman–Crippen MR) is 224 cm³/mol. The van der Waals surface area contributed by atoms with Crippen molar-refractivity contribution in [1.82, 2.24) is 0 Å². The molecule has 0 bridgehead atoms. The number of rotatable bonds is 4. The Morgan fingerprint density at radius 2 is 1.13 bits per heavy atom. The fraction of sp³-hybridized carbons (Fsp3) is 0.0588. The van der Waals surface area contributed by atoms with Crippen molar-refractivity contribution in [1.29, 1.82) is 0 Å². The van der Waals surface area contributed by atoms with Gasteiger partial charge >= 0.3 is 0 Å². The molecule has 10 aromatic rings. The Kier molecular flexibility index (Phi) is 6.33. The topological polar surface area (TPSA) is 16.4 Å². The second-order valence-corrected chi connectivity index (χ2v) is 14.9. The van der Waals surface area contributed by atoms with Gasteiger partial charge in [0.15, 0.2) is 0 Å². The molecule has 2 heteroatoms. The molecule has 0 fully saturated rings. The van der Waals surface area contributed by atoms with E-state index in [2.05, 4.69) is 195 Å². The Hall–Kier alpha value is -6.64. The average Bonchev–Trinajstić information content (AvgIpc) is 3.69. The fourth-order valence-electron chi connectivity index (χ4n) is 9.07. The maximum atomic E-state index is 7.03. The van der Waals surface area contributed by atoms with Crippen LogP contribution in [0.1, 0.15) is 25.0 Å². The minimum atomic E-state index is -0.131. The monoisotopic (exact) mass is 677 g/mol. The zero-order valence-corrected chi connectivity index (χ0v) is 29.6. The van der Waals surface area contributed by atoms with Crippen LogP contribution in [0.15, 0.2) is 180 Å². The summed E-state index contributed by atoms with van der Waals surface area (Å²) in [5.74, 6) is 0. The van der Waals surface area contributed by atoms with Crippen LogP contribution in [0.25, 0.3) is 76.5 Å². The number of hydrogen-bond donors (Lipinski definition) is 0. The first-order valence-corrected chi connectivity index (χ1v) is 18.4. The van der Waals surface area contributed by atoms with Gasteiger partial charge in [-0.2, -0.15) is 0 Å². The third kappa shape index (κ3) is 4.39. The summed E-state index contributed by atoms with van der Waals surface area (Å²) in [6, 6.07) is 64.2. The number of furan rings is 1.